The average Bonchev–Trinajstić information content (AvgIpc) is 3.45. The van der Waals surface area contributed by atoms with Crippen LogP contribution in [0.5, 0.6) is 5.75 Å². The third kappa shape index (κ3) is 4.51. The van der Waals surface area contributed by atoms with Gasteiger partial charge in [-0.2, -0.15) is 0 Å². The van der Waals surface area contributed by atoms with E-state index in [1.165, 1.54) is 35.1 Å². The molecule has 2 N–H and O–H groups in total. The van der Waals surface area contributed by atoms with E-state index < -0.39 is 0 Å². The molecule has 29 heavy (non-hydrogen) atoms. The van der Waals surface area contributed by atoms with Gasteiger partial charge in [0, 0.05) is 0 Å². The van der Waals surface area contributed by atoms with Gasteiger partial charge in [-0.25, -0.2) is 0 Å². The van der Waals surface area contributed by atoms with Crippen LogP contribution in [0, 0.1) is 6.92 Å². The number of rotatable bonds is 7. The Morgan fingerprint density at radius 3 is 2.83 bits per heavy atom. The van der Waals surface area contributed by atoms with Gasteiger partial charge in [0.1, 0.15) is 12.4 Å². The summed E-state index contributed by atoms with van der Waals surface area (Å²) in [4.78, 5) is 25.1. The van der Waals surface area contributed by atoms with Crippen molar-refractivity contribution in [2.75, 3.05) is 18.5 Å². The van der Waals surface area contributed by atoms with E-state index in [2.05, 4.69) is 22.8 Å². The molecule has 0 fully saturated rings. The second-order valence-corrected chi connectivity index (χ2v) is 7.99. The van der Waals surface area contributed by atoms with Crippen LogP contribution in [0.3, 0.4) is 0 Å². The molecule has 0 atom stereocenters. The van der Waals surface area contributed by atoms with Crippen LogP contribution in [0.25, 0.3) is 0 Å². The highest BCUT2D eigenvalue weighted by Gasteiger charge is 2.16. The van der Waals surface area contributed by atoms with Gasteiger partial charge >= 0.3 is 0 Å². The fraction of sp³-hybridized carbons (Fsp3) is 0.273. The highest BCUT2D eigenvalue weighted by molar-refractivity contribution is 7.18. The van der Waals surface area contributed by atoms with Crippen LogP contribution in [0.4, 0.5) is 5.00 Å². The molecule has 0 saturated heterocycles. The molecule has 150 valence electrons. The quantitative estimate of drug-likeness (QED) is 0.572. The lowest BCUT2D eigenvalue weighted by molar-refractivity contribution is 0.0949. The van der Waals surface area contributed by atoms with Crippen molar-refractivity contribution in [3.05, 3.63) is 70.0 Å². The molecule has 1 aliphatic rings. The van der Waals surface area contributed by atoms with E-state index in [0.29, 0.717) is 23.0 Å². The first kappa shape index (κ1) is 19.3. The van der Waals surface area contributed by atoms with Crippen molar-refractivity contribution in [3.8, 4) is 5.75 Å². The highest BCUT2D eigenvalue weighted by Crippen LogP contribution is 2.27. The van der Waals surface area contributed by atoms with Gasteiger partial charge in [0.15, 0.2) is 5.76 Å². The molecule has 0 unspecified atom stereocenters. The molecule has 4 rings (SSSR count). The zero-order valence-corrected chi connectivity index (χ0v) is 16.9. The van der Waals surface area contributed by atoms with E-state index in [1.807, 2.05) is 13.0 Å². The summed E-state index contributed by atoms with van der Waals surface area (Å²) >= 11 is 1.23. The maximum atomic E-state index is 12.5. The summed E-state index contributed by atoms with van der Waals surface area (Å²) in [5, 5.41) is 6.22. The third-order valence-corrected chi connectivity index (χ3v) is 5.98. The smallest absolute Gasteiger partial charge is 0.291 e. The Morgan fingerprint density at radius 2 is 2.00 bits per heavy atom. The number of thiophene rings is 1. The molecule has 1 aromatic carbocycles. The van der Waals surface area contributed by atoms with Crippen LogP contribution in [0.15, 0.2) is 47.1 Å². The number of hydrogen-bond acceptors (Lipinski definition) is 5. The molecule has 1 aliphatic carbocycles. The number of ether oxygens (including phenoxy) is 1. The van der Waals surface area contributed by atoms with Crippen molar-refractivity contribution in [2.45, 2.75) is 26.2 Å². The van der Waals surface area contributed by atoms with E-state index in [4.69, 9.17) is 9.15 Å². The fourth-order valence-corrected chi connectivity index (χ4v) is 4.39. The molecule has 0 spiro atoms. The van der Waals surface area contributed by atoms with Crippen molar-refractivity contribution in [3.63, 3.8) is 0 Å². The molecule has 0 radical (unpaired) electrons. The number of fused-ring (bicyclic) bond motifs is 1. The van der Waals surface area contributed by atoms with E-state index in [0.717, 1.165) is 24.2 Å². The second-order valence-electron chi connectivity index (χ2n) is 6.94. The molecular formula is C22H22N2O4S. The molecule has 0 bridgehead atoms. The molecule has 2 amide bonds. The number of amides is 2. The highest BCUT2D eigenvalue weighted by atomic mass is 32.1. The molecule has 0 aliphatic heterocycles. The van der Waals surface area contributed by atoms with Crippen LogP contribution in [-0.4, -0.2) is 25.0 Å². The third-order valence-electron chi connectivity index (χ3n) is 4.83. The summed E-state index contributed by atoms with van der Waals surface area (Å²) in [5.74, 6) is 0.551. The van der Waals surface area contributed by atoms with Gasteiger partial charge in [-0.05, 0) is 73.2 Å². The lowest BCUT2D eigenvalue weighted by Gasteiger charge is -2.09. The van der Waals surface area contributed by atoms with E-state index >= 15 is 0 Å². The number of carbonyl (C=O) groups excluding carboxylic acids is 2. The molecule has 2 aromatic heterocycles. The first-order valence-corrected chi connectivity index (χ1v) is 10.4. The fourth-order valence-electron chi connectivity index (χ4n) is 3.40. The lowest BCUT2D eigenvalue weighted by atomic mass is 10.1. The zero-order chi connectivity index (χ0) is 20.2. The van der Waals surface area contributed by atoms with Gasteiger partial charge in [-0.3, -0.25) is 9.59 Å². The second kappa shape index (κ2) is 8.53. The minimum atomic E-state index is -0.342. The van der Waals surface area contributed by atoms with E-state index in [-0.39, 0.29) is 17.6 Å². The van der Waals surface area contributed by atoms with Crippen LogP contribution >= 0.6 is 11.3 Å². The van der Waals surface area contributed by atoms with Crippen molar-refractivity contribution in [1.82, 2.24) is 5.32 Å². The average molecular weight is 410 g/mol. The van der Waals surface area contributed by atoms with Gasteiger partial charge in [-0.1, -0.05) is 6.07 Å². The number of furan rings is 1. The number of anilines is 1. The van der Waals surface area contributed by atoms with Crippen molar-refractivity contribution >= 4 is 28.2 Å². The summed E-state index contributed by atoms with van der Waals surface area (Å²) < 4.78 is 10.8. The Labute approximate surface area is 172 Å². The van der Waals surface area contributed by atoms with Crippen LogP contribution in [-0.2, 0) is 12.8 Å². The zero-order valence-electron chi connectivity index (χ0n) is 16.1. The van der Waals surface area contributed by atoms with E-state index in [1.54, 1.807) is 18.2 Å². The summed E-state index contributed by atoms with van der Waals surface area (Å²) in [5.41, 5.74) is 3.58. The number of hydrogen-bond donors (Lipinski definition) is 2. The van der Waals surface area contributed by atoms with Crippen molar-refractivity contribution in [1.29, 1.82) is 0 Å². The Bertz CT molecular complexity index is 1020. The van der Waals surface area contributed by atoms with Gasteiger partial charge in [-0.15, -0.1) is 11.3 Å². The topological polar surface area (TPSA) is 80.6 Å². The van der Waals surface area contributed by atoms with Gasteiger partial charge in [0.25, 0.3) is 11.8 Å². The standard InChI is InChI=1S/C22H22N2O4S/c1-14-12-19(24-21(25)18-6-3-10-28-18)29-20(14)22(26)23-9-11-27-17-8-7-15-4-2-5-16(15)13-17/h3,6-8,10,12-13H,2,4-5,9,11H2,1H3,(H,23,26)(H,24,25). The predicted octanol–water partition coefficient (Wildman–Crippen LogP) is 4.20. The minimum Gasteiger partial charge on any atom is -0.492 e. The van der Waals surface area contributed by atoms with E-state index in [9.17, 15) is 9.59 Å². The monoisotopic (exact) mass is 410 g/mol. The molecule has 0 saturated carbocycles. The lowest BCUT2D eigenvalue weighted by Crippen LogP contribution is -2.27. The number of aryl methyl sites for hydroxylation is 3. The van der Waals surface area contributed by atoms with Crippen LogP contribution < -0.4 is 15.4 Å². The molecule has 7 heteroatoms. The summed E-state index contributed by atoms with van der Waals surface area (Å²) in [6.45, 7) is 2.65. The SMILES string of the molecule is Cc1cc(NC(=O)c2ccco2)sc1C(=O)NCCOc1ccc2c(c1)CCC2. The van der Waals surface area contributed by atoms with Gasteiger partial charge < -0.3 is 19.8 Å². The Kier molecular flexibility index (Phi) is 5.67. The molecule has 2 heterocycles. The Hall–Kier alpha value is -3.06. The largest absolute Gasteiger partial charge is 0.492 e. The first-order chi connectivity index (χ1) is 14.1. The predicted molar refractivity (Wildman–Crippen MR) is 112 cm³/mol. The minimum absolute atomic E-state index is 0.177. The van der Waals surface area contributed by atoms with Crippen molar-refractivity contribution < 1.29 is 18.7 Å². The summed E-state index contributed by atoms with van der Waals surface area (Å²) in [6.07, 6.45) is 4.91. The maximum absolute atomic E-state index is 12.5. The number of nitrogens with one attached hydrogen (secondary N) is 2. The Balaban J connectivity index is 1.27. The number of carbonyl (C=O) groups is 2. The van der Waals surface area contributed by atoms with Crippen molar-refractivity contribution in [2.24, 2.45) is 0 Å². The van der Waals surface area contributed by atoms with Crippen LogP contribution in [0.1, 0.15) is 43.3 Å². The molecule has 6 nitrogen and oxygen atoms in total. The molecule has 3 aromatic rings. The van der Waals surface area contributed by atoms with Crippen LogP contribution in [0.2, 0.25) is 0 Å². The van der Waals surface area contributed by atoms with Gasteiger partial charge in [0.05, 0.1) is 22.7 Å². The normalized spacial score (nSPS) is 12.4. The molecular weight excluding hydrogens is 388 g/mol. The summed E-state index contributed by atoms with van der Waals surface area (Å²) in [7, 11) is 0. The number of benzene rings is 1. The van der Waals surface area contributed by atoms with Gasteiger partial charge in [0.2, 0.25) is 0 Å². The maximum Gasteiger partial charge on any atom is 0.291 e. The summed E-state index contributed by atoms with van der Waals surface area (Å²) in [6, 6.07) is 11.2. The first-order valence-electron chi connectivity index (χ1n) is 9.58. The Morgan fingerprint density at radius 1 is 1.14 bits per heavy atom.